The zero-order valence-electron chi connectivity index (χ0n) is 16.2. The third-order valence-electron chi connectivity index (χ3n) is 5.83. The van der Waals surface area contributed by atoms with Gasteiger partial charge in [0.25, 0.3) is 5.91 Å². The highest BCUT2D eigenvalue weighted by Gasteiger charge is 2.30. The van der Waals surface area contributed by atoms with Crippen LogP contribution in [0.4, 0.5) is 5.69 Å². The van der Waals surface area contributed by atoms with Gasteiger partial charge in [0.1, 0.15) is 5.82 Å². The van der Waals surface area contributed by atoms with Crippen LogP contribution < -0.4 is 5.32 Å². The number of aromatic amines is 1. The van der Waals surface area contributed by atoms with Crippen molar-refractivity contribution in [3.05, 3.63) is 59.9 Å². The van der Waals surface area contributed by atoms with Crippen LogP contribution >= 0.6 is 0 Å². The van der Waals surface area contributed by atoms with Crippen molar-refractivity contribution in [1.82, 2.24) is 14.9 Å². The first-order valence-corrected chi connectivity index (χ1v) is 10.3. The predicted molar refractivity (Wildman–Crippen MR) is 112 cm³/mol. The van der Waals surface area contributed by atoms with Crippen molar-refractivity contribution in [1.29, 1.82) is 0 Å². The van der Waals surface area contributed by atoms with E-state index in [9.17, 15) is 9.59 Å². The fraction of sp³-hybridized carbons (Fsp3) is 0.348. The number of amides is 2. The normalized spacial score (nSPS) is 19.3. The largest absolute Gasteiger partial charge is 0.342 e. The second-order valence-electron chi connectivity index (χ2n) is 8.07. The summed E-state index contributed by atoms with van der Waals surface area (Å²) in [6.07, 6.45) is 3.88. The maximum absolute atomic E-state index is 13.1. The van der Waals surface area contributed by atoms with Crippen LogP contribution in [-0.2, 0) is 4.79 Å². The molecule has 6 nitrogen and oxygen atoms in total. The number of imidazole rings is 1. The molecule has 0 radical (unpaired) electrons. The molecular weight excluding hydrogens is 364 g/mol. The van der Waals surface area contributed by atoms with E-state index in [4.69, 9.17) is 4.98 Å². The van der Waals surface area contributed by atoms with Crippen LogP contribution in [0, 0.1) is 5.92 Å². The van der Waals surface area contributed by atoms with E-state index >= 15 is 0 Å². The van der Waals surface area contributed by atoms with E-state index in [2.05, 4.69) is 10.3 Å². The lowest BCUT2D eigenvalue weighted by Gasteiger charge is -2.32. The van der Waals surface area contributed by atoms with Gasteiger partial charge in [0, 0.05) is 36.2 Å². The lowest BCUT2D eigenvalue weighted by Crippen LogP contribution is -2.39. The molecule has 0 bridgehead atoms. The van der Waals surface area contributed by atoms with Crippen LogP contribution in [0.15, 0.2) is 48.5 Å². The fourth-order valence-electron chi connectivity index (χ4n) is 4.05. The SMILES string of the molecule is O=C(Nc1cccc(C(=O)N2CCCC(c3nc4ccccc4[nH]3)C2)c1)C1CC1. The van der Waals surface area contributed by atoms with Gasteiger partial charge in [-0.3, -0.25) is 9.59 Å². The number of nitrogens with zero attached hydrogens (tertiary/aromatic N) is 2. The summed E-state index contributed by atoms with van der Waals surface area (Å²) in [5, 5.41) is 2.93. The summed E-state index contributed by atoms with van der Waals surface area (Å²) in [6, 6.07) is 15.3. The van der Waals surface area contributed by atoms with Crippen molar-refractivity contribution < 1.29 is 9.59 Å². The summed E-state index contributed by atoms with van der Waals surface area (Å²) in [5.74, 6) is 1.36. The molecule has 1 aromatic heterocycles. The van der Waals surface area contributed by atoms with Gasteiger partial charge in [0.15, 0.2) is 0 Å². The number of para-hydroxylation sites is 2. The highest BCUT2D eigenvalue weighted by atomic mass is 16.2. The van der Waals surface area contributed by atoms with E-state index in [1.165, 1.54) is 0 Å². The summed E-state index contributed by atoms with van der Waals surface area (Å²) in [4.78, 5) is 35.2. The molecule has 29 heavy (non-hydrogen) atoms. The third-order valence-corrected chi connectivity index (χ3v) is 5.83. The van der Waals surface area contributed by atoms with E-state index in [-0.39, 0.29) is 23.7 Å². The van der Waals surface area contributed by atoms with Crippen molar-refractivity contribution in [3.8, 4) is 0 Å². The van der Waals surface area contributed by atoms with Gasteiger partial charge in [-0.2, -0.15) is 0 Å². The average molecular weight is 388 g/mol. The van der Waals surface area contributed by atoms with Crippen LogP contribution in [0.2, 0.25) is 0 Å². The van der Waals surface area contributed by atoms with E-state index in [1.54, 1.807) is 6.07 Å². The van der Waals surface area contributed by atoms with Crippen LogP contribution in [0.1, 0.15) is 47.8 Å². The maximum atomic E-state index is 13.1. The number of hydrogen-bond acceptors (Lipinski definition) is 3. The smallest absolute Gasteiger partial charge is 0.253 e. The Morgan fingerprint density at radius 1 is 1.07 bits per heavy atom. The minimum Gasteiger partial charge on any atom is -0.342 e. The highest BCUT2D eigenvalue weighted by molar-refractivity contribution is 5.98. The van der Waals surface area contributed by atoms with E-state index in [1.807, 2.05) is 47.4 Å². The standard InChI is InChI=1S/C23H24N4O2/c28-22(15-10-11-15)24-18-7-3-5-16(13-18)23(29)27-12-4-6-17(14-27)21-25-19-8-1-2-9-20(19)26-21/h1-3,5,7-9,13,15,17H,4,6,10-12,14H2,(H,24,28)(H,25,26). The molecule has 1 atom stereocenters. The molecular formula is C23H24N4O2. The second kappa shape index (κ2) is 7.35. The first kappa shape index (κ1) is 17.9. The first-order chi connectivity index (χ1) is 14.2. The molecule has 1 saturated carbocycles. The molecule has 1 saturated heterocycles. The molecule has 1 aliphatic carbocycles. The van der Waals surface area contributed by atoms with E-state index < -0.39 is 0 Å². The molecule has 5 rings (SSSR count). The van der Waals surface area contributed by atoms with Gasteiger partial charge < -0.3 is 15.2 Å². The van der Waals surface area contributed by atoms with E-state index in [0.717, 1.165) is 49.1 Å². The zero-order valence-corrected chi connectivity index (χ0v) is 16.2. The summed E-state index contributed by atoms with van der Waals surface area (Å²) < 4.78 is 0. The number of carbonyl (C=O) groups is 2. The molecule has 2 aromatic carbocycles. The molecule has 148 valence electrons. The number of aromatic nitrogens is 2. The number of hydrogen-bond donors (Lipinski definition) is 2. The molecule has 2 fully saturated rings. The van der Waals surface area contributed by atoms with Gasteiger partial charge >= 0.3 is 0 Å². The molecule has 0 spiro atoms. The maximum Gasteiger partial charge on any atom is 0.253 e. The summed E-state index contributed by atoms with van der Waals surface area (Å²) in [5.41, 5.74) is 3.30. The van der Waals surface area contributed by atoms with Crippen LogP contribution in [0.3, 0.4) is 0 Å². The third kappa shape index (κ3) is 3.75. The zero-order chi connectivity index (χ0) is 19.8. The topological polar surface area (TPSA) is 78.1 Å². The summed E-state index contributed by atoms with van der Waals surface area (Å²) in [6.45, 7) is 1.39. The number of H-pyrrole nitrogens is 1. The summed E-state index contributed by atoms with van der Waals surface area (Å²) >= 11 is 0. The molecule has 6 heteroatoms. The van der Waals surface area contributed by atoms with Crippen LogP contribution in [-0.4, -0.2) is 39.8 Å². The molecule has 2 amide bonds. The Balaban J connectivity index is 1.31. The van der Waals surface area contributed by atoms with Crippen LogP contribution in [0.25, 0.3) is 11.0 Å². The van der Waals surface area contributed by atoms with Crippen molar-refractivity contribution in [2.45, 2.75) is 31.6 Å². The summed E-state index contributed by atoms with van der Waals surface area (Å²) in [7, 11) is 0. The number of benzene rings is 2. The lowest BCUT2D eigenvalue weighted by molar-refractivity contribution is -0.117. The second-order valence-corrected chi connectivity index (χ2v) is 8.07. The Hall–Kier alpha value is -3.15. The Morgan fingerprint density at radius 2 is 1.93 bits per heavy atom. The number of fused-ring (bicyclic) bond motifs is 1. The van der Waals surface area contributed by atoms with Gasteiger partial charge in [0.2, 0.25) is 5.91 Å². The Bertz CT molecular complexity index is 1040. The van der Waals surface area contributed by atoms with Gasteiger partial charge in [-0.25, -0.2) is 4.98 Å². The number of piperidine rings is 1. The highest BCUT2D eigenvalue weighted by Crippen LogP contribution is 2.31. The minimum atomic E-state index is 0.00771. The average Bonchev–Trinajstić information content (AvgIpc) is 3.52. The quantitative estimate of drug-likeness (QED) is 0.711. The number of likely N-dealkylation sites (tertiary alicyclic amines) is 1. The number of carbonyl (C=O) groups excluding carboxylic acids is 2. The Kier molecular flexibility index (Phi) is 4.54. The molecule has 2 heterocycles. The van der Waals surface area contributed by atoms with Crippen LogP contribution in [0.5, 0.6) is 0 Å². The number of rotatable bonds is 4. The van der Waals surface area contributed by atoms with E-state index in [0.29, 0.717) is 17.8 Å². The van der Waals surface area contributed by atoms with Crippen molar-refractivity contribution in [3.63, 3.8) is 0 Å². The number of nitrogens with one attached hydrogen (secondary N) is 2. The van der Waals surface area contributed by atoms with Gasteiger partial charge in [-0.1, -0.05) is 18.2 Å². The van der Waals surface area contributed by atoms with Crippen molar-refractivity contribution in [2.24, 2.45) is 5.92 Å². The monoisotopic (exact) mass is 388 g/mol. The Labute approximate surface area is 169 Å². The molecule has 1 aliphatic heterocycles. The molecule has 3 aromatic rings. The molecule has 2 aliphatic rings. The molecule has 1 unspecified atom stereocenters. The lowest BCUT2D eigenvalue weighted by atomic mass is 9.96. The van der Waals surface area contributed by atoms with Crippen molar-refractivity contribution >= 4 is 28.5 Å². The van der Waals surface area contributed by atoms with Gasteiger partial charge in [-0.05, 0) is 56.0 Å². The predicted octanol–water partition coefficient (Wildman–Crippen LogP) is 3.93. The Morgan fingerprint density at radius 3 is 2.76 bits per heavy atom. The van der Waals surface area contributed by atoms with Gasteiger partial charge in [-0.15, -0.1) is 0 Å². The van der Waals surface area contributed by atoms with Gasteiger partial charge in [0.05, 0.1) is 11.0 Å². The fourth-order valence-corrected chi connectivity index (χ4v) is 4.05. The number of anilines is 1. The van der Waals surface area contributed by atoms with Crippen molar-refractivity contribution in [2.75, 3.05) is 18.4 Å². The minimum absolute atomic E-state index is 0.00771. The first-order valence-electron chi connectivity index (χ1n) is 10.3. The molecule has 2 N–H and O–H groups in total.